The Morgan fingerprint density at radius 1 is 1.50 bits per heavy atom. The summed E-state index contributed by atoms with van der Waals surface area (Å²) in [6, 6.07) is 0.966. The van der Waals surface area contributed by atoms with Crippen LogP contribution in [0.2, 0.25) is 0 Å². The highest BCUT2D eigenvalue weighted by Crippen LogP contribution is 2.21. The fraction of sp³-hybridized carbons (Fsp3) is 0.917. The Kier molecular flexibility index (Phi) is 6.03. The Balaban J connectivity index is 2.41. The van der Waals surface area contributed by atoms with Gasteiger partial charge in [-0.15, -0.1) is 0 Å². The lowest BCUT2D eigenvalue weighted by molar-refractivity contribution is 0.376. The molecule has 0 radical (unpaired) electrons. The quantitative estimate of drug-likeness (QED) is 0.595. The minimum atomic E-state index is 0.482. The maximum atomic E-state index is 6.04. The number of hydrogen-bond donors (Lipinski definition) is 1. The molecule has 0 heterocycles. The normalized spacial score (nSPS) is 20.1. The van der Waals surface area contributed by atoms with E-state index in [0.717, 1.165) is 5.96 Å². The van der Waals surface area contributed by atoms with Gasteiger partial charge in [0.25, 0.3) is 0 Å². The number of rotatable bonds is 5. The Hall–Kier alpha value is -0.380. The van der Waals surface area contributed by atoms with E-state index in [1.54, 1.807) is 0 Å². The van der Waals surface area contributed by atoms with Gasteiger partial charge < -0.3 is 10.6 Å². The predicted molar refractivity (Wildman–Crippen MR) is 74.1 cm³/mol. The number of guanidine groups is 1. The van der Waals surface area contributed by atoms with E-state index in [2.05, 4.69) is 30.1 Å². The summed E-state index contributed by atoms with van der Waals surface area (Å²) in [5.74, 6) is 1.91. The molecule has 0 spiro atoms. The fourth-order valence-corrected chi connectivity index (χ4v) is 2.60. The molecule has 4 heteroatoms. The first kappa shape index (κ1) is 13.7. The van der Waals surface area contributed by atoms with Gasteiger partial charge in [-0.05, 0) is 38.2 Å². The van der Waals surface area contributed by atoms with Crippen molar-refractivity contribution in [3.8, 4) is 0 Å². The molecule has 1 rings (SSSR count). The molecule has 0 saturated heterocycles. The second-order valence-electron chi connectivity index (χ2n) is 4.67. The van der Waals surface area contributed by atoms with E-state index in [1.807, 2.05) is 11.8 Å². The molecule has 0 amide bonds. The van der Waals surface area contributed by atoms with Crippen LogP contribution in [-0.4, -0.2) is 42.0 Å². The lowest BCUT2D eigenvalue weighted by atomic mass is 10.2. The lowest BCUT2D eigenvalue weighted by Crippen LogP contribution is -2.41. The van der Waals surface area contributed by atoms with Gasteiger partial charge in [-0.1, -0.05) is 12.8 Å². The van der Waals surface area contributed by atoms with Crippen molar-refractivity contribution >= 4 is 17.7 Å². The summed E-state index contributed by atoms with van der Waals surface area (Å²) in [4.78, 5) is 6.74. The van der Waals surface area contributed by atoms with Crippen LogP contribution in [0.25, 0.3) is 0 Å². The number of hydrogen-bond acceptors (Lipinski definition) is 2. The SMILES string of the molecule is CSCCC(C)N(C)C(N)=NC1CCCC1. The van der Waals surface area contributed by atoms with Crippen LogP contribution in [0, 0.1) is 0 Å². The van der Waals surface area contributed by atoms with E-state index in [-0.39, 0.29) is 0 Å². The summed E-state index contributed by atoms with van der Waals surface area (Å²) in [6.45, 7) is 2.22. The second kappa shape index (κ2) is 7.05. The van der Waals surface area contributed by atoms with E-state index in [4.69, 9.17) is 5.73 Å². The van der Waals surface area contributed by atoms with Crippen molar-refractivity contribution in [2.45, 2.75) is 51.1 Å². The minimum absolute atomic E-state index is 0.482. The maximum absolute atomic E-state index is 6.04. The van der Waals surface area contributed by atoms with Crippen molar-refractivity contribution in [1.82, 2.24) is 4.90 Å². The molecule has 0 bridgehead atoms. The Labute approximate surface area is 104 Å². The van der Waals surface area contributed by atoms with Crippen molar-refractivity contribution in [1.29, 1.82) is 0 Å². The third-order valence-corrected chi connectivity index (χ3v) is 4.05. The first-order valence-corrected chi connectivity index (χ1v) is 7.59. The Bertz CT molecular complexity index is 224. The summed E-state index contributed by atoms with van der Waals surface area (Å²) in [7, 11) is 2.05. The van der Waals surface area contributed by atoms with E-state index in [0.29, 0.717) is 12.1 Å². The maximum Gasteiger partial charge on any atom is 0.191 e. The third kappa shape index (κ3) is 4.24. The van der Waals surface area contributed by atoms with E-state index in [1.165, 1.54) is 37.9 Å². The van der Waals surface area contributed by atoms with Gasteiger partial charge in [0.2, 0.25) is 0 Å². The monoisotopic (exact) mass is 243 g/mol. The number of nitrogens with two attached hydrogens (primary N) is 1. The molecule has 0 aromatic carbocycles. The van der Waals surface area contributed by atoms with Crippen LogP contribution in [-0.2, 0) is 0 Å². The molecule has 3 nitrogen and oxygen atoms in total. The summed E-state index contributed by atoms with van der Waals surface area (Å²) in [5.41, 5.74) is 6.04. The van der Waals surface area contributed by atoms with Gasteiger partial charge in [0.1, 0.15) is 0 Å². The molecule has 2 N–H and O–H groups in total. The highest BCUT2D eigenvalue weighted by atomic mass is 32.2. The summed E-state index contributed by atoms with van der Waals surface area (Å²) < 4.78 is 0. The molecule has 1 aliphatic carbocycles. The molecule has 0 aliphatic heterocycles. The van der Waals surface area contributed by atoms with E-state index < -0.39 is 0 Å². The van der Waals surface area contributed by atoms with Gasteiger partial charge in [0.05, 0.1) is 6.04 Å². The van der Waals surface area contributed by atoms with Gasteiger partial charge in [0.15, 0.2) is 5.96 Å². The number of nitrogens with zero attached hydrogens (tertiary/aromatic N) is 2. The largest absolute Gasteiger partial charge is 0.370 e. The smallest absolute Gasteiger partial charge is 0.191 e. The molecular formula is C12H25N3S. The van der Waals surface area contributed by atoms with Gasteiger partial charge in [-0.3, -0.25) is 0 Å². The predicted octanol–water partition coefficient (Wildman–Crippen LogP) is 2.32. The summed E-state index contributed by atoms with van der Waals surface area (Å²) >= 11 is 1.88. The average molecular weight is 243 g/mol. The highest BCUT2D eigenvalue weighted by Gasteiger charge is 2.16. The minimum Gasteiger partial charge on any atom is -0.370 e. The van der Waals surface area contributed by atoms with E-state index in [9.17, 15) is 0 Å². The summed E-state index contributed by atoms with van der Waals surface area (Å²) in [5, 5.41) is 0. The average Bonchev–Trinajstić information content (AvgIpc) is 2.77. The van der Waals surface area contributed by atoms with E-state index >= 15 is 0 Å². The molecule has 1 aliphatic rings. The van der Waals surface area contributed by atoms with Gasteiger partial charge in [-0.2, -0.15) is 11.8 Å². The molecule has 0 aromatic rings. The van der Waals surface area contributed by atoms with Crippen LogP contribution >= 0.6 is 11.8 Å². The van der Waals surface area contributed by atoms with Gasteiger partial charge in [0, 0.05) is 13.1 Å². The zero-order valence-corrected chi connectivity index (χ0v) is 11.6. The van der Waals surface area contributed by atoms with Crippen LogP contribution in [0.3, 0.4) is 0 Å². The molecule has 1 saturated carbocycles. The van der Waals surface area contributed by atoms with Crippen molar-refractivity contribution in [2.75, 3.05) is 19.1 Å². The number of thioether (sulfide) groups is 1. The second-order valence-corrected chi connectivity index (χ2v) is 5.65. The third-order valence-electron chi connectivity index (χ3n) is 3.40. The van der Waals surface area contributed by atoms with Crippen molar-refractivity contribution < 1.29 is 0 Å². The molecule has 0 aromatic heterocycles. The zero-order chi connectivity index (χ0) is 12.0. The Morgan fingerprint density at radius 3 is 2.69 bits per heavy atom. The summed E-state index contributed by atoms with van der Waals surface area (Å²) in [6.07, 6.45) is 8.36. The fourth-order valence-electron chi connectivity index (χ4n) is 2.02. The molecular weight excluding hydrogens is 218 g/mol. The van der Waals surface area contributed by atoms with Crippen LogP contribution in [0.1, 0.15) is 39.0 Å². The lowest BCUT2D eigenvalue weighted by Gasteiger charge is -2.26. The number of aliphatic imine (C=N–C) groups is 1. The highest BCUT2D eigenvalue weighted by molar-refractivity contribution is 7.98. The standard InChI is InChI=1S/C12H25N3S/c1-10(8-9-16-3)15(2)12(13)14-11-6-4-5-7-11/h10-11H,4-9H2,1-3H3,(H2,13,14). The molecule has 1 unspecified atom stereocenters. The van der Waals surface area contributed by atoms with Crippen LogP contribution in [0.4, 0.5) is 0 Å². The zero-order valence-electron chi connectivity index (χ0n) is 10.8. The molecule has 94 valence electrons. The van der Waals surface area contributed by atoms with Gasteiger partial charge >= 0.3 is 0 Å². The van der Waals surface area contributed by atoms with Crippen molar-refractivity contribution in [3.63, 3.8) is 0 Å². The van der Waals surface area contributed by atoms with Gasteiger partial charge in [-0.25, -0.2) is 4.99 Å². The molecule has 16 heavy (non-hydrogen) atoms. The Morgan fingerprint density at radius 2 is 2.12 bits per heavy atom. The first-order chi connectivity index (χ1) is 7.65. The van der Waals surface area contributed by atoms with Crippen LogP contribution in [0.15, 0.2) is 4.99 Å². The molecule has 1 atom stereocenters. The molecule has 1 fully saturated rings. The van der Waals surface area contributed by atoms with Crippen LogP contribution < -0.4 is 5.73 Å². The first-order valence-electron chi connectivity index (χ1n) is 6.20. The van der Waals surface area contributed by atoms with Crippen molar-refractivity contribution in [3.05, 3.63) is 0 Å². The van der Waals surface area contributed by atoms with Crippen molar-refractivity contribution in [2.24, 2.45) is 10.7 Å². The van der Waals surface area contributed by atoms with Crippen LogP contribution in [0.5, 0.6) is 0 Å². The topological polar surface area (TPSA) is 41.6 Å².